The van der Waals surface area contributed by atoms with Gasteiger partial charge in [-0.2, -0.15) is 11.8 Å². The number of benzene rings is 1. The number of nitrogens with zero attached hydrogens (tertiary/aromatic N) is 1. The third kappa shape index (κ3) is 6.29. The second kappa shape index (κ2) is 9.20. The van der Waals surface area contributed by atoms with E-state index in [2.05, 4.69) is 27.5 Å². The van der Waals surface area contributed by atoms with Gasteiger partial charge < -0.3 is 5.32 Å². The third-order valence-corrected chi connectivity index (χ3v) is 4.11. The van der Waals surface area contributed by atoms with Crippen molar-refractivity contribution >= 4 is 39.1 Å². The van der Waals surface area contributed by atoms with Crippen molar-refractivity contribution in [1.29, 1.82) is 0 Å². The zero-order chi connectivity index (χ0) is 14.1. The summed E-state index contributed by atoms with van der Waals surface area (Å²) >= 11 is 5.24. The molecule has 1 aromatic rings. The molecule has 0 heterocycles. The zero-order valence-corrected chi connectivity index (χ0v) is 13.4. The summed E-state index contributed by atoms with van der Waals surface area (Å²) in [5.41, 5.74) is 1.02. The Hall–Kier alpha value is -0.750. The van der Waals surface area contributed by atoms with Gasteiger partial charge in [0.05, 0.1) is 4.92 Å². The Bertz CT molecular complexity index is 416. The van der Waals surface area contributed by atoms with Crippen LogP contribution < -0.4 is 5.32 Å². The maximum atomic E-state index is 10.6. The van der Waals surface area contributed by atoms with Crippen LogP contribution in [-0.4, -0.2) is 23.5 Å². The Balaban J connectivity index is 2.28. The van der Waals surface area contributed by atoms with Gasteiger partial charge in [-0.25, -0.2) is 0 Å². The van der Waals surface area contributed by atoms with Gasteiger partial charge in [-0.1, -0.05) is 12.8 Å². The van der Waals surface area contributed by atoms with Gasteiger partial charge in [-0.3, -0.25) is 10.1 Å². The molecular formula is C13H19BrN2O2S. The highest BCUT2D eigenvalue weighted by atomic mass is 79.9. The highest BCUT2D eigenvalue weighted by molar-refractivity contribution is 9.10. The van der Waals surface area contributed by atoms with Crippen molar-refractivity contribution in [3.63, 3.8) is 0 Å². The van der Waals surface area contributed by atoms with Gasteiger partial charge in [0.25, 0.3) is 5.69 Å². The number of hydrogen-bond acceptors (Lipinski definition) is 4. The van der Waals surface area contributed by atoms with Crippen LogP contribution >= 0.6 is 27.7 Å². The Labute approximate surface area is 126 Å². The molecule has 0 atom stereocenters. The fourth-order valence-electron chi connectivity index (χ4n) is 1.71. The summed E-state index contributed by atoms with van der Waals surface area (Å²) in [4.78, 5) is 10.2. The molecule has 0 saturated heterocycles. The summed E-state index contributed by atoms with van der Waals surface area (Å²) in [6.07, 6.45) is 7.02. The van der Waals surface area contributed by atoms with Crippen molar-refractivity contribution in [3.05, 3.63) is 32.8 Å². The molecule has 0 fully saturated rings. The van der Waals surface area contributed by atoms with Gasteiger partial charge in [0.2, 0.25) is 0 Å². The van der Waals surface area contributed by atoms with Crippen LogP contribution in [0.2, 0.25) is 0 Å². The van der Waals surface area contributed by atoms with E-state index in [1.165, 1.54) is 37.1 Å². The molecule has 6 heteroatoms. The van der Waals surface area contributed by atoms with Crippen molar-refractivity contribution in [2.75, 3.05) is 23.9 Å². The molecule has 0 amide bonds. The molecule has 19 heavy (non-hydrogen) atoms. The Kier molecular flexibility index (Phi) is 7.90. The van der Waals surface area contributed by atoms with Gasteiger partial charge in [-0.15, -0.1) is 0 Å². The van der Waals surface area contributed by atoms with Crippen molar-refractivity contribution in [1.82, 2.24) is 0 Å². The number of unbranched alkanes of at least 4 members (excludes halogenated alkanes) is 3. The van der Waals surface area contributed by atoms with Crippen molar-refractivity contribution in [3.8, 4) is 0 Å². The molecule has 1 aromatic carbocycles. The number of nitro groups is 1. The maximum absolute atomic E-state index is 10.6. The van der Waals surface area contributed by atoms with Crippen LogP contribution in [0.4, 0.5) is 11.4 Å². The fraction of sp³-hybridized carbons (Fsp3) is 0.538. The predicted molar refractivity (Wildman–Crippen MR) is 86.1 cm³/mol. The number of nitro benzene ring substituents is 1. The molecule has 4 nitrogen and oxygen atoms in total. The van der Waals surface area contributed by atoms with E-state index in [-0.39, 0.29) is 10.6 Å². The molecule has 0 bridgehead atoms. The topological polar surface area (TPSA) is 55.2 Å². The molecule has 0 aromatic heterocycles. The van der Waals surface area contributed by atoms with E-state index in [0.29, 0.717) is 0 Å². The lowest BCUT2D eigenvalue weighted by Gasteiger charge is -2.08. The Morgan fingerprint density at radius 1 is 1.32 bits per heavy atom. The van der Waals surface area contributed by atoms with Crippen LogP contribution in [0.3, 0.4) is 0 Å². The molecule has 0 aliphatic carbocycles. The van der Waals surface area contributed by atoms with Gasteiger partial charge >= 0.3 is 0 Å². The first-order valence-corrected chi connectivity index (χ1v) is 8.50. The van der Waals surface area contributed by atoms with Crippen LogP contribution in [0.5, 0.6) is 0 Å². The summed E-state index contributed by atoms with van der Waals surface area (Å²) < 4.78 is 0.740. The average molecular weight is 347 g/mol. The molecule has 0 spiro atoms. The van der Waals surface area contributed by atoms with Gasteiger partial charge in [0, 0.05) is 28.8 Å². The van der Waals surface area contributed by atoms with Crippen molar-refractivity contribution < 1.29 is 4.92 Å². The molecule has 0 radical (unpaired) electrons. The van der Waals surface area contributed by atoms with E-state index in [4.69, 9.17) is 0 Å². The van der Waals surface area contributed by atoms with Crippen molar-refractivity contribution in [2.24, 2.45) is 0 Å². The number of non-ortho nitro benzene ring substituents is 1. The third-order valence-electron chi connectivity index (χ3n) is 2.75. The minimum Gasteiger partial charge on any atom is -0.384 e. The second-order valence-electron chi connectivity index (χ2n) is 4.26. The average Bonchev–Trinajstić information content (AvgIpc) is 2.39. The van der Waals surface area contributed by atoms with Crippen LogP contribution in [0.1, 0.15) is 25.7 Å². The molecular weight excluding hydrogens is 328 g/mol. The molecule has 0 aliphatic rings. The first-order valence-electron chi connectivity index (χ1n) is 6.32. The maximum Gasteiger partial charge on any atom is 0.270 e. The molecule has 106 valence electrons. The number of rotatable bonds is 9. The predicted octanol–water partition coefficient (Wildman–Crippen LogP) is 4.69. The summed E-state index contributed by atoms with van der Waals surface area (Å²) in [5.74, 6) is 1.24. The van der Waals surface area contributed by atoms with Crippen LogP contribution in [-0.2, 0) is 0 Å². The van der Waals surface area contributed by atoms with Crippen LogP contribution in [0, 0.1) is 10.1 Å². The minimum atomic E-state index is -0.389. The quantitative estimate of drug-likeness (QED) is 0.400. The number of thioether (sulfide) groups is 1. The summed E-state index contributed by atoms with van der Waals surface area (Å²) in [6, 6.07) is 4.79. The number of nitrogens with one attached hydrogen (secondary N) is 1. The monoisotopic (exact) mass is 346 g/mol. The summed E-state index contributed by atoms with van der Waals surface area (Å²) in [6.45, 7) is 0.898. The Morgan fingerprint density at radius 2 is 2.05 bits per heavy atom. The molecule has 1 N–H and O–H groups in total. The second-order valence-corrected chi connectivity index (χ2v) is 6.09. The standard InChI is InChI=1S/C13H19BrN2O2S/c1-19-9-5-3-2-4-8-15-13-7-6-11(16(17)18)10-12(13)14/h6-7,10,15H,2-5,8-9H2,1H3. The SMILES string of the molecule is CSCCCCCCNc1ccc([N+](=O)[O-])cc1Br. The highest BCUT2D eigenvalue weighted by Crippen LogP contribution is 2.27. The van der Waals surface area contributed by atoms with Crippen molar-refractivity contribution in [2.45, 2.75) is 25.7 Å². The normalized spacial score (nSPS) is 10.4. The lowest BCUT2D eigenvalue weighted by molar-refractivity contribution is -0.384. The first-order chi connectivity index (χ1) is 9.15. The highest BCUT2D eigenvalue weighted by Gasteiger charge is 2.08. The van der Waals surface area contributed by atoms with Gasteiger partial charge in [0.1, 0.15) is 0 Å². The Morgan fingerprint density at radius 3 is 2.68 bits per heavy atom. The van der Waals surface area contributed by atoms with Gasteiger partial charge in [0.15, 0.2) is 0 Å². The van der Waals surface area contributed by atoms with E-state index in [9.17, 15) is 10.1 Å². The van der Waals surface area contributed by atoms with E-state index in [1.807, 2.05) is 11.8 Å². The summed E-state index contributed by atoms with van der Waals surface area (Å²) in [7, 11) is 0. The van der Waals surface area contributed by atoms with Gasteiger partial charge in [-0.05, 0) is 46.8 Å². The lowest BCUT2D eigenvalue weighted by Crippen LogP contribution is -2.02. The van der Waals surface area contributed by atoms with Crippen LogP contribution in [0.25, 0.3) is 0 Å². The zero-order valence-electron chi connectivity index (χ0n) is 11.0. The van der Waals surface area contributed by atoms with E-state index < -0.39 is 0 Å². The van der Waals surface area contributed by atoms with Crippen LogP contribution in [0.15, 0.2) is 22.7 Å². The summed E-state index contributed by atoms with van der Waals surface area (Å²) in [5, 5.41) is 13.9. The minimum absolute atomic E-state index is 0.106. The van der Waals surface area contributed by atoms with E-state index in [1.54, 1.807) is 6.07 Å². The smallest absolute Gasteiger partial charge is 0.270 e. The molecule has 1 rings (SSSR count). The number of anilines is 1. The lowest BCUT2D eigenvalue weighted by atomic mass is 10.2. The number of halogens is 1. The first kappa shape index (κ1) is 16.3. The van der Waals surface area contributed by atoms with E-state index in [0.717, 1.165) is 23.1 Å². The molecule has 0 unspecified atom stereocenters. The largest absolute Gasteiger partial charge is 0.384 e. The fourth-order valence-corrected chi connectivity index (χ4v) is 2.71. The van der Waals surface area contributed by atoms with E-state index >= 15 is 0 Å². The number of hydrogen-bond donors (Lipinski definition) is 1. The molecule has 0 saturated carbocycles. The molecule has 0 aliphatic heterocycles.